The minimum Gasteiger partial charge on any atom is -0.572 e. The summed E-state index contributed by atoms with van der Waals surface area (Å²) in [5.74, 6) is 0.768. The van der Waals surface area contributed by atoms with Gasteiger partial charge in [-0.2, -0.15) is 49.1 Å². The van der Waals surface area contributed by atoms with Gasteiger partial charge >= 0.3 is 20.1 Å². The fourth-order valence-corrected chi connectivity index (χ4v) is 4.42. The molecule has 0 amide bonds. The third kappa shape index (κ3) is 5.62. The minimum absolute atomic E-state index is 0. The summed E-state index contributed by atoms with van der Waals surface area (Å²) in [7, 11) is 2.06. The Morgan fingerprint density at radius 3 is 2.29 bits per heavy atom. The van der Waals surface area contributed by atoms with Crippen molar-refractivity contribution < 1.29 is 57.6 Å². The van der Waals surface area contributed by atoms with Gasteiger partial charge in [0.2, 0.25) is 0 Å². The van der Waals surface area contributed by atoms with E-state index < -0.39 is 0 Å². The molecule has 2 aliphatic heterocycles. The van der Waals surface area contributed by atoms with Crippen molar-refractivity contribution in [1.82, 2.24) is 4.98 Å². The van der Waals surface area contributed by atoms with E-state index in [1.54, 1.807) is 6.20 Å². The van der Waals surface area contributed by atoms with Crippen molar-refractivity contribution in [3.63, 3.8) is 0 Å². The van der Waals surface area contributed by atoms with Gasteiger partial charge in [0.05, 0.1) is 6.61 Å². The number of para-hydroxylation sites is 3. The van der Waals surface area contributed by atoms with Crippen LogP contribution in [0.2, 0.25) is 0 Å². The zero-order valence-corrected chi connectivity index (χ0v) is 25.9. The van der Waals surface area contributed by atoms with E-state index in [1.807, 2.05) is 60.7 Å². The molecular formula is C32H22IrN3OY-2. The molecule has 0 saturated heterocycles. The molecule has 4 aromatic carbocycles. The molecule has 1 radical (unpaired) electrons. The summed E-state index contributed by atoms with van der Waals surface area (Å²) in [5.41, 5.74) is 8.31. The second-order valence-electron chi connectivity index (χ2n) is 8.42. The van der Waals surface area contributed by atoms with E-state index in [0.717, 1.165) is 39.4 Å². The molecule has 3 heterocycles. The number of rotatable bonds is 2. The summed E-state index contributed by atoms with van der Waals surface area (Å²) in [6, 6.07) is 43.0. The van der Waals surface area contributed by atoms with Gasteiger partial charge < -0.3 is 19.5 Å². The van der Waals surface area contributed by atoms with Crippen LogP contribution < -0.4 is 14.5 Å². The molecule has 0 atom stereocenters. The van der Waals surface area contributed by atoms with Crippen LogP contribution in [0.15, 0.2) is 97.2 Å². The first-order valence-electron chi connectivity index (χ1n) is 11.7. The van der Waals surface area contributed by atoms with Crippen molar-refractivity contribution in [2.45, 2.75) is 6.61 Å². The smallest absolute Gasteiger partial charge is 0.572 e. The Kier molecular flexibility index (Phi) is 9.51. The van der Waals surface area contributed by atoms with Crippen LogP contribution in [-0.4, -0.2) is 12.0 Å². The molecule has 38 heavy (non-hydrogen) atoms. The monoisotopic (exact) mass is 746 g/mol. The van der Waals surface area contributed by atoms with Gasteiger partial charge in [-0.15, -0.1) is 41.6 Å². The summed E-state index contributed by atoms with van der Waals surface area (Å²) in [6.45, 7) is 2.62. The molecule has 5 aromatic rings. The van der Waals surface area contributed by atoms with Crippen molar-refractivity contribution in [2.24, 2.45) is 0 Å². The first-order valence-corrected chi connectivity index (χ1v) is 11.7. The quantitative estimate of drug-likeness (QED) is 0.184. The van der Waals surface area contributed by atoms with Gasteiger partial charge in [-0.25, -0.2) is 23.8 Å². The van der Waals surface area contributed by atoms with E-state index in [9.17, 15) is 0 Å². The number of hydrogen-bond donors (Lipinski definition) is 0. The summed E-state index contributed by atoms with van der Waals surface area (Å²) in [4.78, 5) is 8.69. The van der Waals surface area contributed by atoms with Gasteiger partial charge in [0.25, 0.3) is 0 Å². The molecule has 185 valence electrons. The van der Waals surface area contributed by atoms with Crippen LogP contribution in [0.25, 0.3) is 22.4 Å². The first-order chi connectivity index (χ1) is 17.8. The van der Waals surface area contributed by atoms with E-state index in [-0.39, 0.29) is 52.8 Å². The van der Waals surface area contributed by atoms with Gasteiger partial charge in [0, 0.05) is 44.1 Å². The topological polar surface area (TPSA) is 28.6 Å². The third-order valence-corrected chi connectivity index (χ3v) is 6.14. The normalized spacial score (nSPS) is 12.3. The number of hydrogen-bond acceptors (Lipinski definition) is 4. The fourth-order valence-electron chi connectivity index (χ4n) is 4.42. The number of anilines is 3. The Bertz CT molecular complexity index is 1480. The van der Waals surface area contributed by atoms with E-state index >= 15 is 0 Å². The van der Waals surface area contributed by atoms with Crippen molar-refractivity contribution in [3.05, 3.63) is 134 Å². The Balaban J connectivity index is 0.000000172. The predicted octanol–water partition coefficient (Wildman–Crippen LogP) is 6.90. The average Bonchev–Trinajstić information content (AvgIpc) is 3.30. The summed E-state index contributed by atoms with van der Waals surface area (Å²) >= 11 is 0. The van der Waals surface area contributed by atoms with Crippen molar-refractivity contribution >= 4 is 17.1 Å². The van der Waals surface area contributed by atoms with E-state index in [4.69, 9.17) is 4.74 Å². The first kappa shape index (κ1) is 28.2. The molecule has 0 N–H and O–H groups in total. The Labute approximate surface area is 262 Å². The second kappa shape index (κ2) is 12.8. The molecule has 7 rings (SSSR count). The molecule has 1 aromatic heterocycles. The van der Waals surface area contributed by atoms with E-state index in [1.165, 1.54) is 11.4 Å². The summed E-state index contributed by atoms with van der Waals surface area (Å²) in [5, 5.41) is 0. The zero-order chi connectivity index (χ0) is 24.3. The van der Waals surface area contributed by atoms with Crippen LogP contribution in [-0.2, 0) is 59.4 Å². The molecule has 0 unspecified atom stereocenters. The molecular weight excluding hydrogens is 723 g/mol. The van der Waals surface area contributed by atoms with Crippen molar-refractivity contribution in [3.8, 4) is 28.1 Å². The number of benzene rings is 4. The molecule has 0 aliphatic carbocycles. The number of nitrogens with zero attached hydrogens (tertiary/aromatic N) is 3. The molecule has 2 aliphatic rings. The van der Waals surface area contributed by atoms with Gasteiger partial charge in [0.15, 0.2) is 0 Å². The van der Waals surface area contributed by atoms with Gasteiger partial charge in [0.1, 0.15) is 0 Å². The Morgan fingerprint density at radius 2 is 1.53 bits per heavy atom. The van der Waals surface area contributed by atoms with Gasteiger partial charge in [-0.05, 0) is 30.6 Å². The van der Waals surface area contributed by atoms with Crippen LogP contribution in [0.1, 0.15) is 5.56 Å². The molecule has 0 spiro atoms. The standard InChI is InChI=1S/C18H10NO.C14H12N2.Ir.Y/c1-2-6-13(7-3-1)16-10-11-19-17-15-9-5-4-8-14(15)12-20-18(16)17;1-15-11-16(12-7-3-2-4-8-12)14-10-6-5-9-13(14)15;;/h1-6,8,11H,12H2;2-7,9-11H,1H3;;/q-3;-2;+3;. The number of fused-ring (bicyclic) bond motifs is 4. The molecule has 0 fully saturated rings. The third-order valence-electron chi connectivity index (χ3n) is 6.14. The van der Waals surface area contributed by atoms with Crippen LogP contribution in [0, 0.1) is 30.9 Å². The van der Waals surface area contributed by atoms with Gasteiger partial charge in [-0.1, -0.05) is 23.9 Å². The molecule has 0 bridgehead atoms. The fraction of sp³-hybridized carbons (Fsp3) is 0.0625. The zero-order valence-electron chi connectivity index (χ0n) is 20.7. The van der Waals surface area contributed by atoms with Crippen molar-refractivity contribution in [1.29, 1.82) is 0 Å². The van der Waals surface area contributed by atoms with E-state index in [2.05, 4.69) is 83.1 Å². The second-order valence-corrected chi connectivity index (χ2v) is 8.42. The largest absolute Gasteiger partial charge is 3.00 e. The molecule has 6 heteroatoms. The number of pyridine rings is 1. The minimum atomic E-state index is 0. The maximum atomic E-state index is 5.90. The average molecular weight is 746 g/mol. The van der Waals surface area contributed by atoms with Crippen LogP contribution in [0.5, 0.6) is 5.75 Å². The van der Waals surface area contributed by atoms with Crippen molar-refractivity contribution in [2.75, 3.05) is 16.8 Å². The SMILES string of the molecule is CN1[CH-]N(c2[c-]cccc2)c2ccccc21.[Ir+3].[Y].[c-]1ccccc1-c1[c-]cnc2c1OCc1ccc[c-]c1-2. The predicted molar refractivity (Wildman–Crippen MR) is 143 cm³/mol. The van der Waals surface area contributed by atoms with Crippen LogP contribution >= 0.6 is 0 Å². The number of ether oxygens (including phenoxy) is 1. The van der Waals surface area contributed by atoms with E-state index in [0.29, 0.717) is 6.61 Å². The number of aromatic nitrogens is 1. The summed E-state index contributed by atoms with van der Waals surface area (Å²) in [6.07, 6.45) is 1.69. The van der Waals surface area contributed by atoms with Crippen LogP contribution in [0.4, 0.5) is 17.1 Å². The Morgan fingerprint density at radius 1 is 0.789 bits per heavy atom. The maximum Gasteiger partial charge on any atom is 3.00 e. The van der Waals surface area contributed by atoms with Crippen LogP contribution in [0.3, 0.4) is 0 Å². The molecule has 0 saturated carbocycles. The molecule has 4 nitrogen and oxygen atoms in total. The van der Waals surface area contributed by atoms with Gasteiger partial charge in [-0.3, -0.25) is 5.56 Å². The maximum absolute atomic E-state index is 5.90. The Hall–Kier alpha value is -2.82. The summed E-state index contributed by atoms with van der Waals surface area (Å²) < 4.78 is 5.90.